The number of pyridine rings is 1. The van der Waals surface area contributed by atoms with E-state index in [1.54, 1.807) is 0 Å². The first-order valence-electron chi connectivity index (χ1n) is 8.67. The predicted octanol–water partition coefficient (Wildman–Crippen LogP) is 2.73. The number of aryl methyl sites for hydroxylation is 2. The van der Waals surface area contributed by atoms with Crippen LogP contribution in [0, 0.1) is 0 Å². The Morgan fingerprint density at radius 3 is 2.48 bits per heavy atom. The Kier molecular flexibility index (Phi) is 7.41. The van der Waals surface area contributed by atoms with Crippen molar-refractivity contribution in [3.8, 4) is 0 Å². The van der Waals surface area contributed by atoms with Crippen LogP contribution in [0.3, 0.4) is 0 Å². The molecule has 1 aromatic heterocycles. The summed E-state index contributed by atoms with van der Waals surface area (Å²) in [7, 11) is 3.24. The van der Waals surface area contributed by atoms with Crippen LogP contribution in [0.25, 0.3) is 0 Å². The summed E-state index contributed by atoms with van der Waals surface area (Å²) in [5, 5.41) is 3.06. The lowest BCUT2D eigenvalue weighted by molar-refractivity contribution is -0.142. The quantitative estimate of drug-likeness (QED) is 0.542. The van der Waals surface area contributed by atoms with E-state index in [2.05, 4.69) is 33.2 Å². The third-order valence-electron chi connectivity index (χ3n) is 4.19. The zero-order valence-corrected chi connectivity index (χ0v) is 15.0. The summed E-state index contributed by atoms with van der Waals surface area (Å²) in [5.41, 5.74) is 9.26. The van der Waals surface area contributed by atoms with Gasteiger partial charge in [0.1, 0.15) is 11.9 Å². The molecule has 2 rings (SSSR count). The number of anilines is 1. The number of aromatic nitrogens is 1. The Morgan fingerprint density at radius 1 is 1.12 bits per heavy atom. The van der Waals surface area contributed by atoms with Crippen LogP contribution in [0.1, 0.15) is 29.7 Å². The van der Waals surface area contributed by atoms with E-state index in [0.29, 0.717) is 6.42 Å². The van der Waals surface area contributed by atoms with Gasteiger partial charge in [0.2, 0.25) is 0 Å². The van der Waals surface area contributed by atoms with E-state index in [1.165, 1.54) is 12.7 Å². The molecule has 3 N–H and O–H groups in total. The zero-order valence-electron chi connectivity index (χ0n) is 15.0. The van der Waals surface area contributed by atoms with Crippen molar-refractivity contribution in [1.29, 1.82) is 0 Å². The van der Waals surface area contributed by atoms with Gasteiger partial charge >= 0.3 is 5.97 Å². The van der Waals surface area contributed by atoms with Crippen LogP contribution in [0.2, 0.25) is 0 Å². The second-order valence-electron chi connectivity index (χ2n) is 6.12. The molecule has 2 aromatic rings. The van der Waals surface area contributed by atoms with Crippen molar-refractivity contribution in [2.75, 3.05) is 19.5 Å². The van der Waals surface area contributed by atoms with Crippen LogP contribution in [-0.4, -0.2) is 31.2 Å². The maximum Gasteiger partial charge on any atom is 0.322 e. The highest BCUT2D eigenvalue weighted by Crippen LogP contribution is 2.12. The number of esters is 1. The molecule has 1 aromatic carbocycles. The molecule has 5 heteroatoms. The number of carbonyl (C=O) groups is 1. The summed E-state index contributed by atoms with van der Waals surface area (Å²) >= 11 is 0. The number of nitrogens with zero attached hydrogens (tertiary/aromatic N) is 1. The molecule has 0 unspecified atom stereocenters. The average Bonchev–Trinajstić information content (AvgIpc) is 2.66. The minimum absolute atomic E-state index is 0.375. The molecule has 0 aliphatic carbocycles. The minimum Gasteiger partial charge on any atom is -0.468 e. The molecule has 0 saturated heterocycles. The molecule has 134 valence electrons. The summed E-state index contributed by atoms with van der Waals surface area (Å²) in [4.78, 5) is 15.9. The molecule has 0 spiro atoms. The highest BCUT2D eigenvalue weighted by atomic mass is 16.5. The highest BCUT2D eigenvalue weighted by Gasteiger charge is 2.13. The second kappa shape index (κ2) is 9.79. The van der Waals surface area contributed by atoms with E-state index in [0.717, 1.165) is 42.8 Å². The third kappa shape index (κ3) is 6.19. The van der Waals surface area contributed by atoms with Crippen LogP contribution in [-0.2, 0) is 28.8 Å². The van der Waals surface area contributed by atoms with Crippen LogP contribution in [0.15, 0.2) is 42.5 Å². The number of benzene rings is 1. The van der Waals surface area contributed by atoms with Crippen molar-refractivity contribution < 1.29 is 9.53 Å². The molecule has 0 aliphatic rings. The van der Waals surface area contributed by atoms with Crippen LogP contribution < -0.4 is 11.1 Å². The molecule has 5 nitrogen and oxygen atoms in total. The first-order chi connectivity index (χ1) is 12.1. The van der Waals surface area contributed by atoms with Gasteiger partial charge in [0, 0.05) is 12.7 Å². The number of nitrogens with one attached hydrogen (secondary N) is 1. The van der Waals surface area contributed by atoms with E-state index in [1.807, 2.05) is 31.3 Å². The van der Waals surface area contributed by atoms with E-state index < -0.39 is 6.04 Å². The maximum absolute atomic E-state index is 11.4. The Balaban J connectivity index is 1.75. The van der Waals surface area contributed by atoms with Gasteiger partial charge in [-0.05, 0) is 55.4 Å². The van der Waals surface area contributed by atoms with Crippen molar-refractivity contribution >= 4 is 11.8 Å². The molecule has 25 heavy (non-hydrogen) atoms. The molecule has 0 radical (unpaired) electrons. The van der Waals surface area contributed by atoms with Crippen LogP contribution in [0.4, 0.5) is 5.82 Å². The number of carbonyl (C=O) groups excluding carboxylic acids is 1. The first-order valence-corrected chi connectivity index (χ1v) is 8.67. The minimum atomic E-state index is -0.600. The number of rotatable bonds is 9. The number of hydrogen-bond donors (Lipinski definition) is 2. The van der Waals surface area contributed by atoms with Gasteiger partial charge in [-0.2, -0.15) is 0 Å². The van der Waals surface area contributed by atoms with E-state index in [-0.39, 0.29) is 5.97 Å². The SMILES string of the molecule is CNc1cccc(CCCCc2ccc(C[C@H](N)C(=O)OC)cc2)n1. The third-order valence-corrected chi connectivity index (χ3v) is 4.19. The van der Waals surface area contributed by atoms with Crippen molar-refractivity contribution in [3.05, 3.63) is 59.3 Å². The van der Waals surface area contributed by atoms with Gasteiger partial charge < -0.3 is 15.8 Å². The van der Waals surface area contributed by atoms with E-state index >= 15 is 0 Å². The number of methoxy groups -OCH3 is 1. The number of nitrogens with two attached hydrogens (primary N) is 1. The largest absolute Gasteiger partial charge is 0.468 e. The van der Waals surface area contributed by atoms with Gasteiger partial charge in [-0.3, -0.25) is 4.79 Å². The van der Waals surface area contributed by atoms with Gasteiger partial charge in [-0.25, -0.2) is 4.98 Å². The Labute approximate surface area is 149 Å². The normalized spacial score (nSPS) is 11.8. The lowest BCUT2D eigenvalue weighted by Crippen LogP contribution is -2.33. The lowest BCUT2D eigenvalue weighted by atomic mass is 10.0. The molecular formula is C20H27N3O2. The number of hydrogen-bond acceptors (Lipinski definition) is 5. The monoisotopic (exact) mass is 341 g/mol. The van der Waals surface area contributed by atoms with Crippen molar-refractivity contribution in [3.63, 3.8) is 0 Å². The van der Waals surface area contributed by atoms with Crippen molar-refractivity contribution in [2.45, 2.75) is 38.1 Å². The molecule has 0 amide bonds. The summed E-state index contributed by atoms with van der Waals surface area (Å²) in [6, 6.07) is 13.8. The smallest absolute Gasteiger partial charge is 0.322 e. The van der Waals surface area contributed by atoms with Gasteiger partial charge in [-0.15, -0.1) is 0 Å². The summed E-state index contributed by atoms with van der Waals surface area (Å²) in [6.07, 6.45) is 4.75. The fraction of sp³-hybridized carbons (Fsp3) is 0.400. The number of unbranched alkanes of at least 4 members (excludes halogenated alkanes) is 1. The second-order valence-corrected chi connectivity index (χ2v) is 6.12. The highest BCUT2D eigenvalue weighted by molar-refractivity contribution is 5.75. The fourth-order valence-electron chi connectivity index (χ4n) is 2.72. The van der Waals surface area contributed by atoms with Crippen molar-refractivity contribution in [1.82, 2.24) is 4.98 Å². The summed E-state index contributed by atoms with van der Waals surface area (Å²) in [6.45, 7) is 0. The molecular weight excluding hydrogens is 314 g/mol. The van der Waals surface area contributed by atoms with Gasteiger partial charge in [-0.1, -0.05) is 30.3 Å². The van der Waals surface area contributed by atoms with Gasteiger partial charge in [0.15, 0.2) is 0 Å². The average molecular weight is 341 g/mol. The van der Waals surface area contributed by atoms with E-state index in [9.17, 15) is 4.79 Å². The van der Waals surface area contributed by atoms with Gasteiger partial charge in [0.25, 0.3) is 0 Å². The topological polar surface area (TPSA) is 77.2 Å². The molecule has 0 bridgehead atoms. The summed E-state index contributed by atoms with van der Waals surface area (Å²) < 4.78 is 4.65. The number of ether oxygens (including phenoxy) is 1. The molecule has 0 fully saturated rings. The van der Waals surface area contributed by atoms with Gasteiger partial charge in [0.05, 0.1) is 7.11 Å². The zero-order chi connectivity index (χ0) is 18.1. The summed E-state index contributed by atoms with van der Waals surface area (Å²) in [5.74, 6) is 0.540. The first kappa shape index (κ1) is 18.9. The molecule has 1 atom stereocenters. The van der Waals surface area contributed by atoms with Crippen LogP contribution >= 0.6 is 0 Å². The van der Waals surface area contributed by atoms with Crippen LogP contribution in [0.5, 0.6) is 0 Å². The lowest BCUT2D eigenvalue weighted by Gasteiger charge is -2.10. The Hall–Kier alpha value is -2.40. The maximum atomic E-state index is 11.4. The van der Waals surface area contributed by atoms with Crippen molar-refractivity contribution in [2.24, 2.45) is 5.73 Å². The Morgan fingerprint density at radius 2 is 1.80 bits per heavy atom. The fourth-order valence-corrected chi connectivity index (χ4v) is 2.72. The standard InChI is InChI=1S/C20H27N3O2/c1-22-19-9-5-8-17(23-19)7-4-3-6-15-10-12-16(13-11-15)14-18(21)20(24)25-2/h5,8-13,18H,3-4,6-7,14,21H2,1-2H3,(H,22,23)/t18-/m0/s1. The predicted molar refractivity (Wildman–Crippen MR) is 101 cm³/mol. The van der Waals surface area contributed by atoms with E-state index in [4.69, 9.17) is 5.73 Å². The molecule has 0 saturated carbocycles. The Bertz CT molecular complexity index is 671. The molecule has 1 heterocycles. The molecule has 0 aliphatic heterocycles.